The molecule has 0 heterocycles. The van der Waals surface area contributed by atoms with Gasteiger partial charge in [-0.2, -0.15) is 11.6 Å². The van der Waals surface area contributed by atoms with E-state index in [1.54, 1.807) is 0 Å². The Bertz CT molecular complexity index is 790. The number of hydrogen-bond acceptors (Lipinski definition) is 0. The number of benzene rings is 1. The molecule has 2 aliphatic rings. The van der Waals surface area contributed by atoms with E-state index in [0.717, 1.165) is 9.52 Å². The molecule has 0 spiro atoms. The van der Waals surface area contributed by atoms with Gasteiger partial charge in [0, 0.05) is 9.52 Å². The number of hydrogen-bond donors (Lipinski definition) is 0. The molecular weight excluding hydrogens is 390 g/mol. The Kier molecular flexibility index (Phi) is 16.3. The minimum absolute atomic E-state index is 0. The minimum Gasteiger partial charge on any atom is -0.673 e. The van der Waals surface area contributed by atoms with Crippen molar-refractivity contribution in [1.82, 2.24) is 0 Å². The maximum Gasteiger partial charge on any atom is 2.00 e. The zero-order valence-electron chi connectivity index (χ0n) is 18.9. The number of nitrogens with one attached hydrogen (secondary N) is 1. The Labute approximate surface area is 190 Å². The van der Waals surface area contributed by atoms with E-state index in [1.807, 2.05) is 58.9 Å². The van der Waals surface area contributed by atoms with Crippen LogP contribution in [-0.4, -0.2) is 15.1 Å². The predicted molar refractivity (Wildman–Crippen MR) is 128 cm³/mol. The van der Waals surface area contributed by atoms with Crippen LogP contribution in [0.3, 0.4) is 0 Å². The number of allylic oxidation sites excluding steroid dienone is 6. The second-order valence-corrected chi connectivity index (χ2v) is 8.58. The maximum absolute atomic E-state index is 6.94. The molecule has 0 saturated heterocycles. The van der Waals surface area contributed by atoms with Crippen LogP contribution in [0.4, 0.5) is 0 Å². The minimum atomic E-state index is -0.250. The van der Waals surface area contributed by atoms with Gasteiger partial charge in [-0.25, -0.2) is 0 Å². The van der Waals surface area contributed by atoms with Crippen LogP contribution in [0.15, 0.2) is 48.1 Å². The topological polar surface area (TPSA) is 23.8 Å². The van der Waals surface area contributed by atoms with E-state index in [9.17, 15) is 0 Å². The summed E-state index contributed by atoms with van der Waals surface area (Å²) in [6.07, 6.45) is 19.9. The first kappa shape index (κ1) is 29.0. The van der Waals surface area contributed by atoms with Gasteiger partial charge in [0.15, 0.2) is 0 Å². The summed E-state index contributed by atoms with van der Waals surface area (Å²) in [4.78, 5) is 0. The Hall–Kier alpha value is -1.19. The molecule has 3 rings (SSSR count). The van der Waals surface area contributed by atoms with Crippen molar-refractivity contribution in [1.29, 1.82) is 0 Å². The molecule has 1 nitrogen and oxygen atoms in total. The summed E-state index contributed by atoms with van der Waals surface area (Å²) in [7, 11) is 0.750. The third-order valence-electron chi connectivity index (χ3n) is 3.01. The van der Waals surface area contributed by atoms with Gasteiger partial charge in [0.2, 0.25) is 0 Å². The average molecular weight is 427 g/mol. The summed E-state index contributed by atoms with van der Waals surface area (Å²) >= 11 is 0. The summed E-state index contributed by atoms with van der Waals surface area (Å²) in [6, 6.07) is 4.44. The van der Waals surface area contributed by atoms with Crippen LogP contribution in [0, 0.1) is 6.08 Å². The summed E-state index contributed by atoms with van der Waals surface area (Å²) in [5, 5.41) is 2.62. The van der Waals surface area contributed by atoms with Crippen molar-refractivity contribution in [2.75, 3.05) is 0 Å². The van der Waals surface area contributed by atoms with Crippen LogP contribution >= 0.6 is 0 Å². The van der Waals surface area contributed by atoms with Crippen LogP contribution in [0.2, 0.25) is 13.1 Å². The van der Waals surface area contributed by atoms with Crippen molar-refractivity contribution >= 4 is 27.7 Å². The van der Waals surface area contributed by atoms with E-state index in [-0.39, 0.29) is 27.3 Å². The monoisotopic (exact) mass is 426 g/mol. The van der Waals surface area contributed by atoms with E-state index < -0.39 is 0 Å². The molecule has 0 bridgehead atoms. The van der Waals surface area contributed by atoms with Gasteiger partial charge in [-0.3, -0.25) is 0 Å². The van der Waals surface area contributed by atoms with Gasteiger partial charge in [0.05, 0.1) is 0 Å². The third kappa shape index (κ3) is 13.9. The fourth-order valence-electron chi connectivity index (χ4n) is 2.13. The molecule has 1 aromatic rings. The van der Waals surface area contributed by atoms with Gasteiger partial charge in [-0.05, 0) is 19.4 Å². The fraction of sp³-hybridized carbons (Fsp3) is 0.360. The van der Waals surface area contributed by atoms with Crippen molar-refractivity contribution in [3.63, 3.8) is 0 Å². The van der Waals surface area contributed by atoms with Crippen molar-refractivity contribution < 1.29 is 21.7 Å². The summed E-state index contributed by atoms with van der Waals surface area (Å²) < 4.78 is 0. The Balaban J connectivity index is 0. The first-order valence-corrected chi connectivity index (χ1v) is 11.8. The predicted octanol–water partition coefficient (Wildman–Crippen LogP) is 5.88. The first-order chi connectivity index (χ1) is 12.7. The molecule has 1 radical (unpaired) electrons. The zero-order valence-corrected chi connectivity index (χ0v) is 21.6. The van der Waals surface area contributed by atoms with Gasteiger partial charge in [0.25, 0.3) is 0 Å². The van der Waals surface area contributed by atoms with Gasteiger partial charge in [-0.1, -0.05) is 94.6 Å². The van der Waals surface area contributed by atoms with Crippen LogP contribution in [-0.2, 0) is 21.7 Å². The molecule has 0 saturated carbocycles. The van der Waals surface area contributed by atoms with Crippen LogP contribution in [0.1, 0.15) is 52.7 Å². The van der Waals surface area contributed by atoms with E-state index in [1.165, 1.54) is 27.1 Å². The molecule has 0 fully saturated rings. The summed E-state index contributed by atoms with van der Waals surface area (Å²) in [6.45, 7) is 16.1. The first-order valence-electron chi connectivity index (χ1n) is 9.54. The average Bonchev–Trinajstić information content (AvgIpc) is 3.14. The molecule has 3 heteroatoms. The molecule has 1 N–H and O–H groups in total. The molecule has 0 aromatic heterocycles. The second kappa shape index (κ2) is 15.7. The Morgan fingerprint density at radius 3 is 1.96 bits per heavy atom. The molecule has 0 atom stereocenters. The molecule has 1 aromatic carbocycles. The van der Waals surface area contributed by atoms with E-state index in [2.05, 4.69) is 62.5 Å². The number of rotatable bonds is 1. The summed E-state index contributed by atoms with van der Waals surface area (Å²) in [5.74, 6) is 0. The standard InChI is InChI=1S/C13H9.C6H10.C4H10N.C2H7Si.Ti/c1-9-5-12-7-10-3-2-4-11(10)8-13(12)6-9;1-3-5-6-4-2;1-4(2,3)5;1-3-2;/h2-5,7-8H,1H3;3-6H,1-2H3;5H,1-3H3;3H,1-2H3;/q-1;;-1;;+2. The largest absolute Gasteiger partial charge is 2.00 e. The van der Waals surface area contributed by atoms with Crippen molar-refractivity contribution in [2.45, 2.75) is 60.2 Å². The van der Waals surface area contributed by atoms with Crippen LogP contribution < -0.4 is 10.4 Å². The van der Waals surface area contributed by atoms with Crippen LogP contribution in [0.25, 0.3) is 24.0 Å². The van der Waals surface area contributed by atoms with Gasteiger partial charge in [-0.15, -0.1) is 28.5 Å². The molecule has 149 valence electrons. The van der Waals surface area contributed by atoms with E-state index in [0.29, 0.717) is 0 Å². The molecule has 2 aliphatic carbocycles. The summed E-state index contributed by atoms with van der Waals surface area (Å²) in [5.41, 5.74) is 10.5. The molecule has 28 heavy (non-hydrogen) atoms. The van der Waals surface area contributed by atoms with Crippen LogP contribution in [0.5, 0.6) is 0 Å². The van der Waals surface area contributed by atoms with E-state index in [4.69, 9.17) is 5.73 Å². The van der Waals surface area contributed by atoms with E-state index >= 15 is 0 Å². The quantitative estimate of drug-likeness (QED) is 0.304. The Morgan fingerprint density at radius 2 is 1.50 bits per heavy atom. The SMILES string of the molecule is CC(C)(C)[NH-].CC1=[C-]c2cc3c(cc2=C1)C=CC=3.CC=CC=CC.C[SiH]C.[Ti+2]. The van der Waals surface area contributed by atoms with Crippen molar-refractivity contribution in [2.24, 2.45) is 0 Å². The normalized spacial score (nSPS) is 12.7. The third-order valence-corrected chi connectivity index (χ3v) is 3.01. The Morgan fingerprint density at radius 1 is 1.00 bits per heavy atom. The molecule has 0 unspecified atom stereocenters. The zero-order chi connectivity index (χ0) is 20.9. The van der Waals surface area contributed by atoms with Gasteiger partial charge >= 0.3 is 21.7 Å². The fourth-order valence-corrected chi connectivity index (χ4v) is 2.13. The van der Waals surface area contributed by atoms with Gasteiger partial charge < -0.3 is 5.73 Å². The van der Waals surface area contributed by atoms with Gasteiger partial charge in [0.1, 0.15) is 0 Å². The number of fused-ring (bicyclic) bond motifs is 2. The molecular formula is C25H36NSiTi. The molecule has 0 aliphatic heterocycles. The second-order valence-electron chi connectivity index (χ2n) is 7.43. The van der Waals surface area contributed by atoms with Crippen molar-refractivity contribution in [3.8, 4) is 0 Å². The maximum atomic E-state index is 6.94. The molecule has 0 amide bonds. The smallest absolute Gasteiger partial charge is 0.673 e. The van der Waals surface area contributed by atoms with Crippen molar-refractivity contribution in [3.05, 3.63) is 81.5 Å².